The summed E-state index contributed by atoms with van der Waals surface area (Å²) >= 11 is 0. The SMILES string of the molecule is Cc1nc(-c2ccccc2)ccc1C(=O)N1CC(C)OCC1C. The fourth-order valence-corrected chi connectivity index (χ4v) is 2.90. The van der Waals surface area contributed by atoms with Gasteiger partial charge in [0.2, 0.25) is 0 Å². The summed E-state index contributed by atoms with van der Waals surface area (Å²) in [6.45, 7) is 7.12. The highest BCUT2D eigenvalue weighted by molar-refractivity contribution is 5.95. The molecule has 0 radical (unpaired) electrons. The Balaban J connectivity index is 1.87. The van der Waals surface area contributed by atoms with Crippen LogP contribution in [0.5, 0.6) is 0 Å². The first-order valence-electron chi connectivity index (χ1n) is 8.02. The predicted octanol–water partition coefficient (Wildman–Crippen LogP) is 3.31. The predicted molar refractivity (Wildman–Crippen MR) is 90.3 cm³/mol. The van der Waals surface area contributed by atoms with Crippen molar-refractivity contribution in [2.75, 3.05) is 13.2 Å². The van der Waals surface area contributed by atoms with Crippen molar-refractivity contribution in [2.45, 2.75) is 32.9 Å². The molecule has 1 aromatic carbocycles. The van der Waals surface area contributed by atoms with Gasteiger partial charge in [0.05, 0.1) is 35.7 Å². The normalized spacial score (nSPS) is 21.3. The monoisotopic (exact) mass is 310 g/mol. The maximum absolute atomic E-state index is 12.9. The number of benzene rings is 1. The minimum atomic E-state index is 0.0391. The third-order valence-electron chi connectivity index (χ3n) is 4.25. The van der Waals surface area contributed by atoms with Crippen LogP contribution in [0.15, 0.2) is 42.5 Å². The van der Waals surface area contributed by atoms with Crippen LogP contribution in [-0.2, 0) is 4.74 Å². The van der Waals surface area contributed by atoms with Crippen molar-refractivity contribution in [1.82, 2.24) is 9.88 Å². The standard InChI is InChI=1S/C19H22N2O2/c1-13-12-23-14(2)11-21(13)19(22)17-9-10-18(20-15(17)3)16-7-5-4-6-8-16/h4-10,13-14H,11-12H2,1-3H3. The first-order chi connectivity index (χ1) is 11.1. The Bertz CT molecular complexity index is 700. The van der Waals surface area contributed by atoms with Crippen LogP contribution in [0, 0.1) is 6.92 Å². The van der Waals surface area contributed by atoms with Gasteiger partial charge >= 0.3 is 0 Å². The molecule has 4 heteroatoms. The van der Waals surface area contributed by atoms with Gasteiger partial charge in [0.15, 0.2) is 0 Å². The van der Waals surface area contributed by atoms with Crippen LogP contribution in [0.1, 0.15) is 29.9 Å². The molecule has 0 saturated carbocycles. The molecule has 0 bridgehead atoms. The third kappa shape index (κ3) is 3.27. The Labute approximate surface area is 137 Å². The molecule has 2 unspecified atom stereocenters. The number of amides is 1. The van der Waals surface area contributed by atoms with Gasteiger partial charge < -0.3 is 9.64 Å². The van der Waals surface area contributed by atoms with Crippen molar-refractivity contribution in [1.29, 1.82) is 0 Å². The van der Waals surface area contributed by atoms with Gasteiger partial charge in [-0.1, -0.05) is 30.3 Å². The van der Waals surface area contributed by atoms with E-state index >= 15 is 0 Å². The van der Waals surface area contributed by atoms with Crippen LogP contribution < -0.4 is 0 Å². The molecule has 23 heavy (non-hydrogen) atoms. The van der Waals surface area contributed by atoms with E-state index in [0.717, 1.165) is 17.0 Å². The Morgan fingerprint density at radius 1 is 1.17 bits per heavy atom. The largest absolute Gasteiger partial charge is 0.375 e. The second-order valence-corrected chi connectivity index (χ2v) is 6.15. The zero-order valence-corrected chi connectivity index (χ0v) is 13.8. The van der Waals surface area contributed by atoms with Crippen LogP contribution in [0.4, 0.5) is 0 Å². The number of ether oxygens (including phenoxy) is 1. The molecule has 0 spiro atoms. The second-order valence-electron chi connectivity index (χ2n) is 6.15. The lowest BCUT2D eigenvalue weighted by atomic mass is 10.1. The molecule has 1 fully saturated rings. The average molecular weight is 310 g/mol. The van der Waals surface area contributed by atoms with E-state index in [4.69, 9.17) is 4.74 Å². The molecular weight excluding hydrogens is 288 g/mol. The summed E-state index contributed by atoms with van der Waals surface area (Å²) < 4.78 is 5.60. The van der Waals surface area contributed by atoms with E-state index in [2.05, 4.69) is 4.98 Å². The van der Waals surface area contributed by atoms with E-state index in [-0.39, 0.29) is 18.1 Å². The first kappa shape index (κ1) is 15.7. The number of nitrogens with zero attached hydrogens (tertiary/aromatic N) is 2. The number of rotatable bonds is 2. The van der Waals surface area contributed by atoms with Gasteiger partial charge in [0.1, 0.15) is 0 Å². The molecule has 4 nitrogen and oxygen atoms in total. The summed E-state index contributed by atoms with van der Waals surface area (Å²) in [7, 11) is 0. The van der Waals surface area contributed by atoms with Gasteiger partial charge in [0.25, 0.3) is 5.91 Å². The van der Waals surface area contributed by atoms with E-state index in [1.807, 2.05) is 68.1 Å². The number of aryl methyl sites for hydroxylation is 1. The molecular formula is C19H22N2O2. The smallest absolute Gasteiger partial charge is 0.256 e. The number of hydrogen-bond donors (Lipinski definition) is 0. The summed E-state index contributed by atoms with van der Waals surface area (Å²) in [6, 6.07) is 13.9. The molecule has 120 valence electrons. The number of aromatic nitrogens is 1. The van der Waals surface area contributed by atoms with Gasteiger partial charge in [-0.15, -0.1) is 0 Å². The fourth-order valence-electron chi connectivity index (χ4n) is 2.90. The summed E-state index contributed by atoms with van der Waals surface area (Å²) in [4.78, 5) is 19.4. The fraction of sp³-hybridized carbons (Fsp3) is 0.368. The lowest BCUT2D eigenvalue weighted by molar-refractivity contribution is -0.0387. The summed E-state index contributed by atoms with van der Waals surface area (Å²) in [5.74, 6) is 0.0391. The van der Waals surface area contributed by atoms with Crippen LogP contribution in [0.25, 0.3) is 11.3 Å². The lowest BCUT2D eigenvalue weighted by Crippen LogP contribution is -2.50. The van der Waals surface area contributed by atoms with E-state index in [0.29, 0.717) is 18.7 Å². The molecule has 1 aliphatic heterocycles. The molecule has 2 atom stereocenters. The van der Waals surface area contributed by atoms with Crippen molar-refractivity contribution in [3.05, 3.63) is 53.7 Å². The average Bonchev–Trinajstić information content (AvgIpc) is 2.57. The van der Waals surface area contributed by atoms with Gasteiger partial charge in [-0.3, -0.25) is 9.78 Å². The molecule has 1 aromatic heterocycles. The number of pyridine rings is 1. The van der Waals surface area contributed by atoms with E-state index in [9.17, 15) is 4.79 Å². The minimum absolute atomic E-state index is 0.0391. The topological polar surface area (TPSA) is 42.4 Å². The van der Waals surface area contributed by atoms with Crippen molar-refractivity contribution in [2.24, 2.45) is 0 Å². The van der Waals surface area contributed by atoms with Crippen LogP contribution in [0.2, 0.25) is 0 Å². The van der Waals surface area contributed by atoms with Crippen LogP contribution in [0.3, 0.4) is 0 Å². The molecule has 0 aliphatic carbocycles. The van der Waals surface area contributed by atoms with Gasteiger partial charge in [-0.25, -0.2) is 0 Å². The molecule has 2 heterocycles. The van der Waals surface area contributed by atoms with Crippen molar-refractivity contribution >= 4 is 5.91 Å². The quantitative estimate of drug-likeness (QED) is 0.854. The lowest BCUT2D eigenvalue weighted by Gasteiger charge is -2.37. The summed E-state index contributed by atoms with van der Waals surface area (Å²) in [5, 5.41) is 0. The number of hydrogen-bond acceptors (Lipinski definition) is 3. The summed E-state index contributed by atoms with van der Waals surface area (Å²) in [5.41, 5.74) is 3.39. The van der Waals surface area contributed by atoms with Gasteiger partial charge in [-0.2, -0.15) is 0 Å². The van der Waals surface area contributed by atoms with Crippen molar-refractivity contribution in [3.63, 3.8) is 0 Å². The Morgan fingerprint density at radius 3 is 2.61 bits per heavy atom. The molecule has 0 N–H and O–H groups in total. The molecule has 1 saturated heterocycles. The number of carbonyl (C=O) groups excluding carboxylic acids is 1. The highest BCUT2D eigenvalue weighted by Gasteiger charge is 2.29. The molecule has 1 amide bonds. The zero-order valence-electron chi connectivity index (χ0n) is 13.8. The Morgan fingerprint density at radius 2 is 1.91 bits per heavy atom. The van der Waals surface area contributed by atoms with Crippen molar-refractivity contribution in [3.8, 4) is 11.3 Å². The Kier molecular flexibility index (Phi) is 4.44. The van der Waals surface area contributed by atoms with E-state index in [1.165, 1.54) is 0 Å². The number of carbonyl (C=O) groups is 1. The van der Waals surface area contributed by atoms with E-state index in [1.54, 1.807) is 0 Å². The highest BCUT2D eigenvalue weighted by atomic mass is 16.5. The van der Waals surface area contributed by atoms with E-state index < -0.39 is 0 Å². The Hall–Kier alpha value is -2.20. The maximum atomic E-state index is 12.9. The molecule has 3 rings (SSSR count). The second kappa shape index (κ2) is 6.50. The first-order valence-corrected chi connectivity index (χ1v) is 8.02. The van der Waals surface area contributed by atoms with Crippen LogP contribution in [-0.4, -0.2) is 41.1 Å². The third-order valence-corrected chi connectivity index (χ3v) is 4.25. The van der Waals surface area contributed by atoms with Gasteiger partial charge in [0, 0.05) is 12.1 Å². The van der Waals surface area contributed by atoms with Crippen molar-refractivity contribution < 1.29 is 9.53 Å². The zero-order chi connectivity index (χ0) is 16.4. The van der Waals surface area contributed by atoms with Crippen LogP contribution >= 0.6 is 0 Å². The molecule has 2 aromatic rings. The highest BCUT2D eigenvalue weighted by Crippen LogP contribution is 2.21. The minimum Gasteiger partial charge on any atom is -0.375 e. The number of morpholine rings is 1. The molecule has 1 aliphatic rings. The van der Waals surface area contributed by atoms with Gasteiger partial charge in [-0.05, 0) is 32.9 Å². The maximum Gasteiger partial charge on any atom is 0.256 e. The summed E-state index contributed by atoms with van der Waals surface area (Å²) in [6.07, 6.45) is 0.0759.